The predicted octanol–water partition coefficient (Wildman–Crippen LogP) is 2.03. The average Bonchev–Trinajstić information content (AvgIpc) is 2.91. The van der Waals surface area contributed by atoms with Crippen molar-refractivity contribution in [1.29, 1.82) is 0 Å². The first-order chi connectivity index (χ1) is 10.2. The second-order valence-corrected chi connectivity index (χ2v) is 5.64. The molecule has 0 N–H and O–H groups in total. The van der Waals surface area contributed by atoms with Crippen molar-refractivity contribution in [2.75, 3.05) is 18.0 Å². The number of tetrazole rings is 1. The molecule has 1 aliphatic heterocycles. The monoisotopic (exact) mass is 287 g/mol. The molecule has 1 atom stereocenters. The summed E-state index contributed by atoms with van der Waals surface area (Å²) in [4.78, 5) is 3.85. The molecule has 1 unspecified atom stereocenters. The van der Waals surface area contributed by atoms with E-state index in [0.717, 1.165) is 30.4 Å². The third-order valence-corrected chi connectivity index (χ3v) is 3.77. The fourth-order valence-electron chi connectivity index (χ4n) is 2.77. The van der Waals surface area contributed by atoms with E-state index < -0.39 is 0 Å². The maximum atomic E-state index is 5.90. The van der Waals surface area contributed by atoms with E-state index in [0.29, 0.717) is 12.4 Å². The molecule has 6 heteroatoms. The molecular formula is C15H21N5O. The van der Waals surface area contributed by atoms with E-state index in [-0.39, 0.29) is 0 Å². The van der Waals surface area contributed by atoms with Crippen molar-refractivity contribution in [2.45, 2.75) is 26.4 Å². The standard InChI is InChI=1S/C15H21N5O/c1-12-6-5-9-20(10-12)13-7-3-4-8-14(13)21-11-15-16-18-19(2)17-15/h3-4,7-8,12H,5-6,9-11H2,1-2H3. The number of para-hydroxylation sites is 2. The van der Waals surface area contributed by atoms with Crippen LogP contribution in [0, 0.1) is 5.92 Å². The third-order valence-electron chi connectivity index (χ3n) is 3.77. The molecule has 0 spiro atoms. The summed E-state index contributed by atoms with van der Waals surface area (Å²) in [6.07, 6.45) is 2.55. The topological polar surface area (TPSA) is 56.1 Å². The lowest BCUT2D eigenvalue weighted by molar-refractivity contribution is 0.294. The summed E-state index contributed by atoms with van der Waals surface area (Å²) in [5, 5.41) is 11.9. The maximum Gasteiger partial charge on any atom is 0.212 e. The Balaban J connectivity index is 1.72. The molecule has 2 heterocycles. The largest absolute Gasteiger partial charge is 0.483 e. The molecule has 6 nitrogen and oxygen atoms in total. The highest BCUT2D eigenvalue weighted by molar-refractivity contribution is 5.58. The number of benzene rings is 1. The number of hydrogen-bond acceptors (Lipinski definition) is 5. The van der Waals surface area contributed by atoms with Gasteiger partial charge < -0.3 is 9.64 Å². The number of piperidine rings is 1. The van der Waals surface area contributed by atoms with E-state index in [9.17, 15) is 0 Å². The zero-order valence-corrected chi connectivity index (χ0v) is 12.6. The van der Waals surface area contributed by atoms with E-state index in [1.54, 1.807) is 7.05 Å². The lowest BCUT2D eigenvalue weighted by atomic mass is 9.99. The minimum Gasteiger partial charge on any atom is -0.483 e. The predicted molar refractivity (Wildman–Crippen MR) is 80.2 cm³/mol. The van der Waals surface area contributed by atoms with Gasteiger partial charge in [0.1, 0.15) is 5.75 Å². The van der Waals surface area contributed by atoms with Crippen LogP contribution in [-0.4, -0.2) is 33.3 Å². The number of ether oxygens (including phenoxy) is 1. The van der Waals surface area contributed by atoms with Crippen LogP contribution >= 0.6 is 0 Å². The van der Waals surface area contributed by atoms with Crippen LogP contribution in [0.4, 0.5) is 5.69 Å². The lowest BCUT2D eigenvalue weighted by Crippen LogP contribution is -2.34. The van der Waals surface area contributed by atoms with Crippen LogP contribution in [0.2, 0.25) is 0 Å². The molecule has 1 aromatic carbocycles. The first-order valence-corrected chi connectivity index (χ1v) is 7.42. The third kappa shape index (κ3) is 3.32. The quantitative estimate of drug-likeness (QED) is 0.861. The van der Waals surface area contributed by atoms with Gasteiger partial charge in [-0.3, -0.25) is 0 Å². The highest BCUT2D eigenvalue weighted by Crippen LogP contribution is 2.31. The summed E-state index contributed by atoms with van der Waals surface area (Å²) >= 11 is 0. The second kappa shape index (κ2) is 6.11. The molecule has 1 aliphatic rings. The smallest absolute Gasteiger partial charge is 0.212 e. The molecule has 0 radical (unpaired) electrons. The van der Waals surface area contributed by atoms with Gasteiger partial charge in [-0.2, -0.15) is 4.80 Å². The number of nitrogens with zero attached hydrogens (tertiary/aromatic N) is 5. The minimum absolute atomic E-state index is 0.342. The normalized spacial score (nSPS) is 18.8. The zero-order chi connectivity index (χ0) is 14.7. The summed E-state index contributed by atoms with van der Waals surface area (Å²) in [6, 6.07) is 8.18. The number of anilines is 1. The van der Waals surface area contributed by atoms with Crippen LogP contribution < -0.4 is 9.64 Å². The number of aryl methyl sites for hydroxylation is 1. The highest BCUT2D eigenvalue weighted by atomic mass is 16.5. The fourth-order valence-corrected chi connectivity index (χ4v) is 2.77. The first-order valence-electron chi connectivity index (χ1n) is 7.42. The Morgan fingerprint density at radius 1 is 1.33 bits per heavy atom. The molecule has 1 fully saturated rings. The Labute approximate surface area is 124 Å². The van der Waals surface area contributed by atoms with Crippen molar-refractivity contribution in [2.24, 2.45) is 13.0 Å². The number of rotatable bonds is 4. The second-order valence-electron chi connectivity index (χ2n) is 5.64. The van der Waals surface area contributed by atoms with Gasteiger partial charge >= 0.3 is 0 Å². The Bertz CT molecular complexity index is 597. The van der Waals surface area contributed by atoms with E-state index in [1.807, 2.05) is 12.1 Å². The lowest BCUT2D eigenvalue weighted by Gasteiger charge is -2.33. The van der Waals surface area contributed by atoms with Crippen LogP contribution in [0.1, 0.15) is 25.6 Å². The average molecular weight is 287 g/mol. The van der Waals surface area contributed by atoms with Gasteiger partial charge in [0.15, 0.2) is 6.61 Å². The van der Waals surface area contributed by atoms with Gasteiger partial charge in [0.25, 0.3) is 0 Å². The Hall–Kier alpha value is -2.11. The molecule has 112 valence electrons. The van der Waals surface area contributed by atoms with Gasteiger partial charge in [-0.1, -0.05) is 19.1 Å². The van der Waals surface area contributed by atoms with E-state index in [1.165, 1.54) is 17.6 Å². The SMILES string of the molecule is CC1CCCN(c2ccccc2OCc2nnn(C)n2)C1. The van der Waals surface area contributed by atoms with Crippen LogP contribution in [0.3, 0.4) is 0 Å². The molecule has 21 heavy (non-hydrogen) atoms. The highest BCUT2D eigenvalue weighted by Gasteiger charge is 2.19. The molecule has 0 saturated carbocycles. The van der Waals surface area contributed by atoms with Crippen LogP contribution in [0.5, 0.6) is 5.75 Å². The maximum absolute atomic E-state index is 5.90. The van der Waals surface area contributed by atoms with Crippen LogP contribution in [-0.2, 0) is 13.7 Å². The van der Waals surface area contributed by atoms with E-state index in [2.05, 4.69) is 39.4 Å². The van der Waals surface area contributed by atoms with E-state index >= 15 is 0 Å². The van der Waals surface area contributed by atoms with Gasteiger partial charge in [-0.15, -0.1) is 10.2 Å². The Morgan fingerprint density at radius 2 is 2.19 bits per heavy atom. The van der Waals surface area contributed by atoms with Gasteiger partial charge in [-0.25, -0.2) is 0 Å². The molecule has 1 saturated heterocycles. The molecule has 0 amide bonds. The van der Waals surface area contributed by atoms with Gasteiger partial charge in [0.05, 0.1) is 12.7 Å². The molecule has 0 bridgehead atoms. The first kappa shape index (κ1) is 13.9. The van der Waals surface area contributed by atoms with Gasteiger partial charge in [0.2, 0.25) is 5.82 Å². The Kier molecular flexibility index (Phi) is 4.03. The summed E-state index contributed by atoms with van der Waals surface area (Å²) in [6.45, 7) is 4.82. The molecular weight excluding hydrogens is 266 g/mol. The number of hydrogen-bond donors (Lipinski definition) is 0. The van der Waals surface area contributed by atoms with Crippen molar-refractivity contribution < 1.29 is 4.74 Å². The van der Waals surface area contributed by atoms with E-state index in [4.69, 9.17) is 4.74 Å². The van der Waals surface area contributed by atoms with Crippen LogP contribution in [0.25, 0.3) is 0 Å². The van der Waals surface area contributed by atoms with Crippen molar-refractivity contribution in [3.63, 3.8) is 0 Å². The summed E-state index contributed by atoms with van der Waals surface area (Å²) in [7, 11) is 1.75. The molecule has 2 aromatic rings. The van der Waals surface area contributed by atoms with Crippen molar-refractivity contribution in [3.8, 4) is 5.75 Å². The summed E-state index contributed by atoms with van der Waals surface area (Å²) in [5.41, 5.74) is 1.16. The zero-order valence-electron chi connectivity index (χ0n) is 12.6. The molecule has 0 aliphatic carbocycles. The summed E-state index contributed by atoms with van der Waals surface area (Å²) in [5.74, 6) is 2.21. The molecule has 1 aromatic heterocycles. The number of aromatic nitrogens is 4. The van der Waals surface area contributed by atoms with Crippen molar-refractivity contribution >= 4 is 5.69 Å². The molecule has 3 rings (SSSR count). The summed E-state index contributed by atoms with van der Waals surface area (Å²) < 4.78 is 5.90. The van der Waals surface area contributed by atoms with Crippen LogP contribution in [0.15, 0.2) is 24.3 Å². The van der Waals surface area contributed by atoms with Gasteiger partial charge in [-0.05, 0) is 36.1 Å². The van der Waals surface area contributed by atoms with Gasteiger partial charge in [0, 0.05) is 13.1 Å². The Morgan fingerprint density at radius 3 is 2.95 bits per heavy atom. The van der Waals surface area contributed by atoms with Crippen molar-refractivity contribution in [1.82, 2.24) is 20.2 Å². The fraction of sp³-hybridized carbons (Fsp3) is 0.533. The minimum atomic E-state index is 0.342. The van der Waals surface area contributed by atoms with Crippen molar-refractivity contribution in [3.05, 3.63) is 30.1 Å².